The summed E-state index contributed by atoms with van der Waals surface area (Å²) >= 11 is 0. The molecule has 2 aromatic rings. The number of carbonyl (C=O) groups excluding carboxylic acids is 2. The van der Waals surface area contributed by atoms with Crippen LogP contribution in [0, 0.1) is 0 Å². The van der Waals surface area contributed by atoms with E-state index in [2.05, 4.69) is 4.90 Å². The Balaban J connectivity index is 1.50. The van der Waals surface area contributed by atoms with Crippen molar-refractivity contribution in [3.8, 4) is 0 Å². The van der Waals surface area contributed by atoms with Gasteiger partial charge in [0.2, 0.25) is 5.91 Å². The molecule has 3 rings (SSSR count). The van der Waals surface area contributed by atoms with Crippen LogP contribution in [0.1, 0.15) is 10.4 Å². The predicted octanol–water partition coefficient (Wildman–Crippen LogP) is 1.70. The van der Waals surface area contributed by atoms with Gasteiger partial charge in [-0.05, 0) is 18.2 Å². The van der Waals surface area contributed by atoms with Crippen molar-refractivity contribution in [2.24, 2.45) is 0 Å². The van der Waals surface area contributed by atoms with Crippen molar-refractivity contribution in [3.05, 3.63) is 54.5 Å². The topological polar surface area (TPSA) is 57.0 Å². The molecule has 0 bridgehead atoms. The van der Waals surface area contributed by atoms with Crippen LogP contribution >= 0.6 is 0 Å². The van der Waals surface area contributed by atoms with E-state index < -0.39 is 0 Å². The number of rotatable bonds is 4. The predicted molar refractivity (Wildman–Crippen MR) is 90.9 cm³/mol. The van der Waals surface area contributed by atoms with Gasteiger partial charge in [-0.2, -0.15) is 0 Å². The maximum absolute atomic E-state index is 12.4. The normalized spacial score (nSPS) is 15.3. The van der Waals surface area contributed by atoms with Gasteiger partial charge in [0.25, 0.3) is 5.91 Å². The lowest BCUT2D eigenvalue weighted by molar-refractivity contribution is -0.119. The summed E-state index contributed by atoms with van der Waals surface area (Å²) in [5.41, 5.74) is 1.46. The second-order valence-corrected chi connectivity index (χ2v) is 5.87. The van der Waals surface area contributed by atoms with Gasteiger partial charge in [0.05, 0.1) is 18.4 Å². The molecule has 24 heavy (non-hydrogen) atoms. The van der Waals surface area contributed by atoms with Gasteiger partial charge in [0.1, 0.15) is 6.26 Å². The van der Waals surface area contributed by atoms with Crippen molar-refractivity contribution in [2.75, 3.05) is 44.7 Å². The number of hydrogen-bond donors (Lipinski definition) is 0. The second-order valence-electron chi connectivity index (χ2n) is 5.87. The number of anilines is 1. The quantitative estimate of drug-likeness (QED) is 0.858. The molecular weight excluding hydrogens is 306 g/mol. The molecule has 1 aliphatic rings. The van der Waals surface area contributed by atoms with E-state index in [-0.39, 0.29) is 11.8 Å². The van der Waals surface area contributed by atoms with Crippen molar-refractivity contribution >= 4 is 17.5 Å². The van der Waals surface area contributed by atoms with Gasteiger partial charge >= 0.3 is 0 Å². The highest BCUT2D eigenvalue weighted by Crippen LogP contribution is 2.13. The molecule has 0 N–H and O–H groups in total. The van der Waals surface area contributed by atoms with Crippen LogP contribution in [0.4, 0.5) is 5.69 Å². The molecule has 1 fully saturated rings. The number of furan rings is 1. The zero-order valence-electron chi connectivity index (χ0n) is 13.7. The lowest BCUT2D eigenvalue weighted by Crippen LogP contribution is -2.51. The standard InChI is InChI=1S/C18H21N3O3/c1-19(16-5-3-2-4-6-16)17(22)13-20-8-10-21(11-9-20)18(23)15-7-12-24-14-15/h2-7,12,14H,8-11,13H2,1H3. The molecule has 0 unspecified atom stereocenters. The van der Waals surface area contributed by atoms with Crippen molar-refractivity contribution in [2.45, 2.75) is 0 Å². The highest BCUT2D eigenvalue weighted by molar-refractivity contribution is 5.95. The minimum Gasteiger partial charge on any atom is -0.472 e. The number of piperazine rings is 1. The van der Waals surface area contributed by atoms with E-state index in [1.807, 2.05) is 30.3 Å². The van der Waals surface area contributed by atoms with E-state index in [4.69, 9.17) is 4.42 Å². The first-order valence-electron chi connectivity index (χ1n) is 8.00. The Morgan fingerprint density at radius 1 is 1.08 bits per heavy atom. The first kappa shape index (κ1) is 16.3. The molecule has 6 nitrogen and oxygen atoms in total. The van der Waals surface area contributed by atoms with Crippen LogP contribution in [0.15, 0.2) is 53.3 Å². The van der Waals surface area contributed by atoms with Crippen LogP contribution in [0.2, 0.25) is 0 Å². The molecule has 1 saturated heterocycles. The Morgan fingerprint density at radius 2 is 1.79 bits per heavy atom. The van der Waals surface area contributed by atoms with Crippen molar-refractivity contribution in [3.63, 3.8) is 0 Å². The summed E-state index contributed by atoms with van der Waals surface area (Å²) < 4.78 is 4.96. The van der Waals surface area contributed by atoms with E-state index in [1.54, 1.807) is 22.9 Å². The van der Waals surface area contributed by atoms with Crippen molar-refractivity contribution < 1.29 is 14.0 Å². The molecule has 1 aliphatic heterocycles. The van der Waals surface area contributed by atoms with Gasteiger partial charge in [-0.15, -0.1) is 0 Å². The summed E-state index contributed by atoms with van der Waals surface area (Å²) in [6, 6.07) is 11.3. The second kappa shape index (κ2) is 7.31. The van der Waals surface area contributed by atoms with Gasteiger partial charge in [-0.1, -0.05) is 18.2 Å². The average molecular weight is 327 g/mol. The van der Waals surface area contributed by atoms with Crippen LogP contribution in [0.3, 0.4) is 0 Å². The molecule has 1 aromatic carbocycles. The van der Waals surface area contributed by atoms with Crippen LogP contribution in [0.5, 0.6) is 0 Å². The Labute approximate surface area is 141 Å². The van der Waals surface area contributed by atoms with Crippen LogP contribution < -0.4 is 4.90 Å². The minimum atomic E-state index is -0.0175. The van der Waals surface area contributed by atoms with Crippen molar-refractivity contribution in [1.29, 1.82) is 0 Å². The SMILES string of the molecule is CN(C(=O)CN1CCN(C(=O)c2ccoc2)CC1)c1ccccc1. The average Bonchev–Trinajstić information content (AvgIpc) is 3.16. The number of hydrogen-bond acceptors (Lipinski definition) is 4. The first-order chi connectivity index (χ1) is 11.6. The fraction of sp³-hybridized carbons (Fsp3) is 0.333. The maximum atomic E-state index is 12.4. The van der Waals surface area contributed by atoms with Crippen LogP contribution in [0.25, 0.3) is 0 Å². The minimum absolute atomic E-state index is 0.0175. The van der Waals surface area contributed by atoms with Gasteiger partial charge in [-0.25, -0.2) is 0 Å². The Morgan fingerprint density at radius 3 is 2.42 bits per heavy atom. The smallest absolute Gasteiger partial charge is 0.257 e. The number of para-hydroxylation sites is 1. The van der Waals surface area contributed by atoms with Crippen molar-refractivity contribution in [1.82, 2.24) is 9.80 Å². The summed E-state index contributed by atoms with van der Waals surface area (Å²) in [4.78, 5) is 30.2. The molecule has 6 heteroatoms. The van der Waals surface area contributed by atoms with E-state index in [1.165, 1.54) is 12.5 Å². The largest absolute Gasteiger partial charge is 0.472 e. The lowest BCUT2D eigenvalue weighted by atomic mass is 10.2. The zero-order chi connectivity index (χ0) is 16.9. The van der Waals surface area contributed by atoms with Crippen LogP contribution in [-0.2, 0) is 4.79 Å². The summed E-state index contributed by atoms with van der Waals surface area (Å²) in [6.45, 7) is 2.98. The van der Waals surface area contributed by atoms with Gasteiger partial charge < -0.3 is 14.2 Å². The Bertz CT molecular complexity index is 677. The molecule has 0 aliphatic carbocycles. The number of amides is 2. The number of benzene rings is 1. The van der Waals surface area contributed by atoms with Gasteiger partial charge in [0, 0.05) is 38.9 Å². The number of likely N-dealkylation sites (N-methyl/N-ethyl adjacent to an activating group) is 1. The monoisotopic (exact) mass is 327 g/mol. The van der Waals surface area contributed by atoms with E-state index in [9.17, 15) is 9.59 Å². The molecule has 2 amide bonds. The third kappa shape index (κ3) is 3.65. The fourth-order valence-electron chi connectivity index (χ4n) is 2.77. The molecule has 1 aromatic heterocycles. The Hall–Kier alpha value is -2.60. The molecule has 0 spiro atoms. The third-order valence-corrected chi connectivity index (χ3v) is 4.30. The zero-order valence-corrected chi connectivity index (χ0v) is 13.7. The Kier molecular flexibility index (Phi) is 4.96. The lowest BCUT2D eigenvalue weighted by Gasteiger charge is -2.34. The molecular formula is C18H21N3O3. The summed E-state index contributed by atoms with van der Waals surface area (Å²) in [5.74, 6) is 0.0342. The third-order valence-electron chi connectivity index (χ3n) is 4.30. The fourth-order valence-corrected chi connectivity index (χ4v) is 2.77. The van der Waals surface area contributed by atoms with Gasteiger partial charge in [0.15, 0.2) is 0 Å². The van der Waals surface area contributed by atoms with E-state index in [0.717, 1.165) is 5.69 Å². The molecule has 2 heterocycles. The first-order valence-corrected chi connectivity index (χ1v) is 8.00. The summed E-state index contributed by atoms with van der Waals surface area (Å²) in [6.07, 6.45) is 2.97. The maximum Gasteiger partial charge on any atom is 0.257 e. The molecule has 0 saturated carbocycles. The van der Waals surface area contributed by atoms with E-state index >= 15 is 0 Å². The number of nitrogens with zero attached hydrogens (tertiary/aromatic N) is 3. The highest BCUT2D eigenvalue weighted by atomic mass is 16.3. The van der Waals surface area contributed by atoms with Crippen LogP contribution in [-0.4, -0.2) is 61.4 Å². The number of carbonyl (C=O) groups is 2. The summed E-state index contributed by atoms with van der Waals surface area (Å²) in [7, 11) is 1.79. The molecule has 0 radical (unpaired) electrons. The molecule has 0 atom stereocenters. The van der Waals surface area contributed by atoms with E-state index in [0.29, 0.717) is 38.3 Å². The highest BCUT2D eigenvalue weighted by Gasteiger charge is 2.24. The molecule has 126 valence electrons. The van der Waals surface area contributed by atoms with Gasteiger partial charge in [-0.3, -0.25) is 14.5 Å². The summed E-state index contributed by atoms with van der Waals surface area (Å²) in [5, 5.41) is 0.